The number of alkyl halides is 3. The molecular formula is C26H21F3N6O2S. The third kappa shape index (κ3) is 5.87. The molecule has 2 aliphatic rings. The van der Waals surface area contributed by atoms with Gasteiger partial charge in [0.1, 0.15) is 18.3 Å². The molecule has 194 valence electrons. The molecule has 2 aliphatic heterocycles. The van der Waals surface area contributed by atoms with E-state index in [1.54, 1.807) is 22.5 Å². The Balaban J connectivity index is 1.21. The highest BCUT2D eigenvalue weighted by Crippen LogP contribution is 2.30. The molecule has 0 saturated carbocycles. The molecule has 1 atom stereocenters. The Morgan fingerprint density at radius 2 is 1.82 bits per heavy atom. The van der Waals surface area contributed by atoms with E-state index in [4.69, 9.17) is 0 Å². The number of hydrazine groups is 1. The van der Waals surface area contributed by atoms with Crippen LogP contribution >= 0.6 is 11.8 Å². The fraction of sp³-hybridized carbons (Fsp3) is 0.154. The first kappa shape index (κ1) is 25.5. The van der Waals surface area contributed by atoms with Gasteiger partial charge in [0.05, 0.1) is 23.3 Å². The second-order valence-electron chi connectivity index (χ2n) is 8.31. The molecule has 3 aromatic rings. The fourth-order valence-electron chi connectivity index (χ4n) is 3.84. The summed E-state index contributed by atoms with van der Waals surface area (Å²) >= 11 is 1.34. The smallest absolute Gasteiger partial charge is 0.406 e. The first-order valence-corrected chi connectivity index (χ1v) is 12.4. The van der Waals surface area contributed by atoms with Crippen molar-refractivity contribution in [2.45, 2.75) is 19.5 Å². The van der Waals surface area contributed by atoms with E-state index in [1.807, 2.05) is 55.5 Å². The Morgan fingerprint density at radius 3 is 2.53 bits per heavy atom. The quantitative estimate of drug-likeness (QED) is 0.335. The average molecular weight is 539 g/mol. The van der Waals surface area contributed by atoms with E-state index >= 15 is 0 Å². The molecule has 0 bridgehead atoms. The molecule has 12 heteroatoms. The molecule has 1 N–H and O–H groups in total. The summed E-state index contributed by atoms with van der Waals surface area (Å²) < 4.78 is 41.0. The minimum absolute atomic E-state index is 0.0353. The lowest BCUT2D eigenvalue weighted by atomic mass is 10.1. The van der Waals surface area contributed by atoms with Gasteiger partial charge in [0.2, 0.25) is 5.91 Å². The average Bonchev–Trinajstić information content (AvgIpc) is 3.52. The highest BCUT2D eigenvalue weighted by Gasteiger charge is 2.32. The second kappa shape index (κ2) is 10.7. The number of nitrogens with zero attached hydrogens (tertiary/aromatic N) is 5. The molecule has 0 radical (unpaired) electrons. The van der Waals surface area contributed by atoms with Gasteiger partial charge < -0.3 is 4.74 Å². The number of hydrogen-bond acceptors (Lipinski definition) is 8. The van der Waals surface area contributed by atoms with Gasteiger partial charge >= 0.3 is 6.36 Å². The van der Waals surface area contributed by atoms with Crippen molar-refractivity contribution in [3.05, 3.63) is 89.5 Å². The van der Waals surface area contributed by atoms with Crippen LogP contribution in [0, 0.1) is 6.92 Å². The summed E-state index contributed by atoms with van der Waals surface area (Å²) in [6.07, 6.45) is -1.93. The van der Waals surface area contributed by atoms with E-state index in [9.17, 15) is 18.0 Å². The lowest BCUT2D eigenvalue weighted by Gasteiger charge is -2.18. The van der Waals surface area contributed by atoms with Crippen molar-refractivity contribution >= 4 is 46.8 Å². The number of thioether (sulfide) groups is 1. The summed E-state index contributed by atoms with van der Waals surface area (Å²) in [5.74, 6) is -0.0152. The lowest BCUT2D eigenvalue weighted by molar-refractivity contribution is -0.274. The van der Waals surface area contributed by atoms with Crippen molar-refractivity contribution in [2.75, 3.05) is 15.7 Å². The molecule has 8 nitrogen and oxygen atoms in total. The van der Waals surface area contributed by atoms with E-state index in [2.05, 4.69) is 25.4 Å². The van der Waals surface area contributed by atoms with Gasteiger partial charge in [-0.3, -0.25) is 14.7 Å². The molecule has 1 fully saturated rings. The SMILES string of the molecule is Cc1ccccc1N1C(=O)CS/C1=N\N=C\c1ccc(C2N=CN(c3ccc(OC(F)(F)F)cc3)N2)cc1. The Morgan fingerprint density at radius 1 is 1.08 bits per heavy atom. The van der Waals surface area contributed by atoms with Crippen LogP contribution in [0.5, 0.6) is 5.75 Å². The lowest BCUT2D eigenvalue weighted by Crippen LogP contribution is -2.33. The number of halogens is 3. The predicted octanol–water partition coefficient (Wildman–Crippen LogP) is 5.42. The van der Waals surface area contributed by atoms with Gasteiger partial charge in [-0.05, 0) is 53.9 Å². The summed E-state index contributed by atoms with van der Waals surface area (Å²) in [6, 6.07) is 20.6. The molecular weight excluding hydrogens is 517 g/mol. The topological polar surface area (TPSA) is 81.9 Å². The number of anilines is 2. The van der Waals surface area contributed by atoms with Crippen LogP contribution in [0.4, 0.5) is 24.5 Å². The molecule has 5 rings (SSSR count). The van der Waals surface area contributed by atoms with Gasteiger partial charge in [0, 0.05) is 0 Å². The maximum Gasteiger partial charge on any atom is 0.573 e. The van der Waals surface area contributed by atoms with Gasteiger partial charge in [-0.25, -0.2) is 4.99 Å². The van der Waals surface area contributed by atoms with Crippen LogP contribution in [0.1, 0.15) is 22.9 Å². The number of aryl methyl sites for hydroxylation is 1. The fourth-order valence-corrected chi connectivity index (χ4v) is 4.65. The van der Waals surface area contributed by atoms with Gasteiger partial charge in [0.25, 0.3) is 0 Å². The van der Waals surface area contributed by atoms with E-state index < -0.39 is 6.36 Å². The number of nitrogens with one attached hydrogen (secondary N) is 1. The number of carbonyl (C=O) groups excluding carboxylic acids is 1. The minimum Gasteiger partial charge on any atom is -0.406 e. The summed E-state index contributed by atoms with van der Waals surface area (Å²) in [5.41, 5.74) is 7.25. The molecule has 3 aromatic carbocycles. The van der Waals surface area contributed by atoms with Crippen molar-refractivity contribution in [3.8, 4) is 5.75 Å². The van der Waals surface area contributed by atoms with Crippen LogP contribution in [0.25, 0.3) is 0 Å². The van der Waals surface area contributed by atoms with Gasteiger partial charge in [-0.1, -0.05) is 54.2 Å². The number of carbonyl (C=O) groups is 1. The van der Waals surface area contributed by atoms with Crippen molar-refractivity contribution < 1.29 is 22.7 Å². The summed E-state index contributed by atoms with van der Waals surface area (Å²) in [4.78, 5) is 18.4. The van der Waals surface area contributed by atoms with E-state index in [-0.39, 0.29) is 17.8 Å². The van der Waals surface area contributed by atoms with E-state index in [0.717, 1.165) is 22.4 Å². The highest BCUT2D eigenvalue weighted by molar-refractivity contribution is 8.15. The zero-order valence-corrected chi connectivity index (χ0v) is 20.8. The zero-order valence-electron chi connectivity index (χ0n) is 20.0. The maximum absolute atomic E-state index is 12.4. The molecule has 0 aliphatic carbocycles. The predicted molar refractivity (Wildman–Crippen MR) is 143 cm³/mol. The van der Waals surface area contributed by atoms with Crippen LogP contribution in [-0.2, 0) is 4.79 Å². The summed E-state index contributed by atoms with van der Waals surface area (Å²) in [5, 5.41) is 10.6. The molecule has 1 amide bonds. The van der Waals surface area contributed by atoms with Crippen LogP contribution in [0.3, 0.4) is 0 Å². The summed E-state index contributed by atoms with van der Waals surface area (Å²) in [6.45, 7) is 1.94. The Bertz CT molecular complexity index is 1410. The van der Waals surface area contributed by atoms with Crippen molar-refractivity contribution in [1.29, 1.82) is 0 Å². The Kier molecular flexibility index (Phi) is 7.16. The third-order valence-corrected chi connectivity index (χ3v) is 6.58. The van der Waals surface area contributed by atoms with Crippen molar-refractivity contribution in [3.63, 3.8) is 0 Å². The van der Waals surface area contributed by atoms with Crippen molar-refractivity contribution in [1.82, 2.24) is 5.43 Å². The van der Waals surface area contributed by atoms with E-state index in [0.29, 0.717) is 16.6 Å². The third-order valence-electron chi connectivity index (χ3n) is 5.67. The van der Waals surface area contributed by atoms with Gasteiger partial charge in [-0.15, -0.1) is 18.3 Å². The number of amides is 1. The van der Waals surface area contributed by atoms with Crippen molar-refractivity contribution in [2.24, 2.45) is 15.2 Å². The number of benzene rings is 3. The first-order chi connectivity index (χ1) is 18.3. The van der Waals surface area contributed by atoms with Crippen LogP contribution in [0.15, 0.2) is 88.0 Å². The molecule has 0 aromatic heterocycles. The second-order valence-corrected chi connectivity index (χ2v) is 9.25. The normalized spacial score (nSPS) is 18.8. The number of para-hydroxylation sites is 1. The van der Waals surface area contributed by atoms with E-state index in [1.165, 1.54) is 36.0 Å². The Labute approximate surface area is 220 Å². The van der Waals surface area contributed by atoms with Crippen LogP contribution < -0.4 is 20.1 Å². The molecule has 38 heavy (non-hydrogen) atoms. The number of ether oxygens (including phenoxy) is 1. The van der Waals surface area contributed by atoms with Gasteiger partial charge in [0.15, 0.2) is 5.17 Å². The number of hydrogen-bond donors (Lipinski definition) is 1. The maximum atomic E-state index is 12.4. The standard InChI is InChI=1S/C26H21F3N6O2S/c1-17-4-2-3-5-22(17)35-23(36)15-38-25(35)32-31-14-18-6-8-19(9-7-18)24-30-16-34(33-24)20-10-12-21(13-11-20)37-26(27,28)29/h2-14,16,24,33H,15H2,1H3/b31-14+,32-25-. The molecule has 2 heterocycles. The molecule has 0 spiro atoms. The van der Waals surface area contributed by atoms with Crippen LogP contribution in [0.2, 0.25) is 0 Å². The number of aliphatic imine (C=N–C) groups is 1. The molecule has 1 unspecified atom stereocenters. The Hall–Kier alpha value is -4.16. The molecule has 1 saturated heterocycles. The summed E-state index contributed by atoms with van der Waals surface area (Å²) in [7, 11) is 0. The monoisotopic (exact) mass is 538 g/mol. The largest absolute Gasteiger partial charge is 0.573 e. The zero-order chi connectivity index (χ0) is 26.7. The number of amidine groups is 1. The highest BCUT2D eigenvalue weighted by atomic mass is 32.2. The van der Waals surface area contributed by atoms with Crippen LogP contribution in [-0.4, -0.2) is 35.7 Å². The minimum atomic E-state index is -4.74. The van der Waals surface area contributed by atoms with Gasteiger partial charge in [-0.2, -0.15) is 10.5 Å². The first-order valence-electron chi connectivity index (χ1n) is 11.4. The number of rotatable bonds is 6.